The van der Waals surface area contributed by atoms with Gasteiger partial charge in [0.2, 0.25) is 0 Å². The highest BCUT2D eigenvalue weighted by molar-refractivity contribution is 8.35. The van der Waals surface area contributed by atoms with E-state index in [0.717, 1.165) is 12.1 Å². The SMILES string of the molecule is ClS1=C(c2ccccc2)Cc2ncccc21. The first-order chi connectivity index (χ1) is 7.86. The zero-order chi connectivity index (χ0) is 11.0. The Morgan fingerprint density at radius 1 is 1.06 bits per heavy atom. The van der Waals surface area contributed by atoms with Gasteiger partial charge in [-0.05, 0) is 28.4 Å². The van der Waals surface area contributed by atoms with Gasteiger partial charge in [-0.3, -0.25) is 4.98 Å². The Balaban J connectivity index is 2.11. The van der Waals surface area contributed by atoms with Crippen LogP contribution in [-0.4, -0.2) is 9.85 Å². The molecule has 0 spiro atoms. The number of nitrogens with zero attached hydrogens (tertiary/aromatic N) is 1. The molecule has 0 bridgehead atoms. The highest BCUT2D eigenvalue weighted by atomic mass is 35.7. The van der Waals surface area contributed by atoms with E-state index in [1.807, 2.05) is 30.5 Å². The van der Waals surface area contributed by atoms with Crippen molar-refractivity contribution in [1.82, 2.24) is 4.98 Å². The Labute approximate surface area is 102 Å². The Bertz CT molecular complexity index is 563. The molecule has 80 valence electrons. The molecule has 0 saturated carbocycles. The van der Waals surface area contributed by atoms with Gasteiger partial charge < -0.3 is 0 Å². The standard InChI is InChI=1S/C13H10ClNS/c14-16-12-7-4-8-15-11(12)9-13(16)10-5-2-1-3-6-10/h1-8H,9H2. The Kier molecular flexibility index (Phi) is 2.54. The fraction of sp³-hybridized carbons (Fsp3) is 0.0769. The van der Waals surface area contributed by atoms with Crippen LogP contribution in [0.1, 0.15) is 11.3 Å². The molecule has 2 aromatic rings. The average molecular weight is 248 g/mol. The molecule has 0 radical (unpaired) electrons. The topological polar surface area (TPSA) is 12.9 Å². The van der Waals surface area contributed by atoms with Gasteiger partial charge in [-0.15, -0.1) is 0 Å². The van der Waals surface area contributed by atoms with Crippen LogP contribution in [-0.2, 0) is 6.42 Å². The number of hydrogen-bond acceptors (Lipinski definition) is 1. The van der Waals surface area contributed by atoms with Crippen LogP contribution >= 0.6 is 20.4 Å². The lowest BCUT2D eigenvalue weighted by atomic mass is 10.1. The van der Waals surface area contributed by atoms with Gasteiger partial charge in [-0.2, -0.15) is 0 Å². The molecular weight excluding hydrogens is 238 g/mol. The zero-order valence-electron chi connectivity index (χ0n) is 8.56. The molecule has 1 aromatic carbocycles. The third-order valence-corrected chi connectivity index (χ3v) is 5.31. The first-order valence-corrected chi connectivity index (χ1v) is 7.17. The van der Waals surface area contributed by atoms with E-state index in [1.165, 1.54) is 15.3 Å². The quantitative estimate of drug-likeness (QED) is 0.701. The van der Waals surface area contributed by atoms with Crippen LogP contribution in [0.3, 0.4) is 0 Å². The van der Waals surface area contributed by atoms with Crippen LogP contribution in [0.4, 0.5) is 0 Å². The van der Waals surface area contributed by atoms with Gasteiger partial charge in [-0.25, -0.2) is 0 Å². The Hall–Kier alpha value is -1.12. The molecular formula is C13H10ClNS. The monoisotopic (exact) mass is 247 g/mol. The Morgan fingerprint density at radius 3 is 2.62 bits per heavy atom. The number of pyridine rings is 1. The van der Waals surface area contributed by atoms with E-state index in [1.54, 1.807) is 0 Å². The minimum atomic E-state index is -0.310. The molecule has 0 amide bonds. The second-order valence-corrected chi connectivity index (χ2v) is 6.04. The van der Waals surface area contributed by atoms with Crippen molar-refractivity contribution in [3.8, 4) is 0 Å². The minimum Gasteiger partial charge on any atom is -0.260 e. The van der Waals surface area contributed by atoms with Crippen LogP contribution in [0.15, 0.2) is 53.6 Å². The molecule has 1 nitrogen and oxygen atoms in total. The summed E-state index contributed by atoms with van der Waals surface area (Å²) >= 11 is 0. The molecule has 1 atom stereocenters. The summed E-state index contributed by atoms with van der Waals surface area (Å²) < 4.78 is 0. The zero-order valence-corrected chi connectivity index (χ0v) is 10.1. The third kappa shape index (κ3) is 1.58. The summed E-state index contributed by atoms with van der Waals surface area (Å²) in [7, 11) is 6.18. The summed E-state index contributed by atoms with van der Waals surface area (Å²) in [6, 6.07) is 14.4. The summed E-state index contributed by atoms with van der Waals surface area (Å²) in [5.41, 5.74) is 2.36. The van der Waals surface area contributed by atoms with E-state index >= 15 is 0 Å². The number of halogens is 1. The number of aromatic nitrogens is 1. The smallest absolute Gasteiger partial charge is 0.0595 e. The highest BCUT2D eigenvalue weighted by Gasteiger charge is 2.20. The maximum Gasteiger partial charge on any atom is 0.0595 e. The molecule has 0 N–H and O–H groups in total. The third-order valence-electron chi connectivity index (χ3n) is 2.68. The molecule has 0 saturated heterocycles. The first-order valence-electron chi connectivity index (χ1n) is 5.12. The first kappa shape index (κ1) is 10.1. The lowest BCUT2D eigenvalue weighted by Crippen LogP contribution is -2.00. The molecule has 3 rings (SSSR count). The predicted octanol–water partition coefficient (Wildman–Crippen LogP) is 3.64. The second-order valence-electron chi connectivity index (χ2n) is 3.67. The van der Waals surface area contributed by atoms with E-state index in [2.05, 4.69) is 23.2 Å². The lowest BCUT2D eigenvalue weighted by Gasteiger charge is -2.02. The van der Waals surface area contributed by atoms with Gasteiger partial charge >= 0.3 is 0 Å². The van der Waals surface area contributed by atoms with Crippen LogP contribution in [0, 0.1) is 0 Å². The van der Waals surface area contributed by atoms with Crippen molar-refractivity contribution < 1.29 is 0 Å². The summed E-state index contributed by atoms with van der Waals surface area (Å²) in [6.45, 7) is 0. The van der Waals surface area contributed by atoms with Gasteiger partial charge in [-0.1, -0.05) is 40.0 Å². The number of hydrogen-bond donors (Lipinski definition) is 0. The van der Waals surface area contributed by atoms with E-state index in [-0.39, 0.29) is 9.70 Å². The van der Waals surface area contributed by atoms with Crippen molar-refractivity contribution in [2.24, 2.45) is 0 Å². The van der Waals surface area contributed by atoms with Crippen molar-refractivity contribution in [3.05, 3.63) is 59.9 Å². The van der Waals surface area contributed by atoms with Gasteiger partial charge in [0, 0.05) is 22.4 Å². The van der Waals surface area contributed by atoms with E-state index < -0.39 is 0 Å². The largest absolute Gasteiger partial charge is 0.260 e. The average Bonchev–Trinajstić information content (AvgIpc) is 2.69. The maximum absolute atomic E-state index is 6.49. The molecule has 16 heavy (non-hydrogen) atoms. The number of benzene rings is 1. The van der Waals surface area contributed by atoms with Crippen LogP contribution < -0.4 is 0 Å². The molecule has 1 aromatic heterocycles. The predicted molar refractivity (Wildman–Crippen MR) is 70.2 cm³/mol. The molecule has 0 fully saturated rings. The van der Waals surface area contributed by atoms with Crippen molar-refractivity contribution in [2.45, 2.75) is 11.3 Å². The van der Waals surface area contributed by atoms with Crippen molar-refractivity contribution >= 4 is 25.2 Å². The summed E-state index contributed by atoms with van der Waals surface area (Å²) in [5, 5.41) is 0. The summed E-state index contributed by atoms with van der Waals surface area (Å²) in [6.07, 6.45) is 2.72. The van der Waals surface area contributed by atoms with Crippen LogP contribution in [0.5, 0.6) is 0 Å². The molecule has 2 heterocycles. The normalized spacial score (nSPS) is 18.6. The summed E-state index contributed by atoms with van der Waals surface area (Å²) in [4.78, 5) is 6.86. The molecule has 1 aliphatic rings. The fourth-order valence-corrected chi connectivity index (χ4v) is 4.15. The maximum atomic E-state index is 6.49. The van der Waals surface area contributed by atoms with E-state index in [4.69, 9.17) is 10.7 Å². The van der Waals surface area contributed by atoms with Gasteiger partial charge in [0.05, 0.1) is 5.69 Å². The van der Waals surface area contributed by atoms with Crippen LogP contribution in [0.25, 0.3) is 0 Å². The van der Waals surface area contributed by atoms with E-state index in [0.29, 0.717) is 0 Å². The molecule has 3 heteroatoms. The van der Waals surface area contributed by atoms with Gasteiger partial charge in [0.1, 0.15) is 0 Å². The van der Waals surface area contributed by atoms with Gasteiger partial charge in [0.15, 0.2) is 0 Å². The van der Waals surface area contributed by atoms with Crippen molar-refractivity contribution in [3.63, 3.8) is 0 Å². The van der Waals surface area contributed by atoms with Gasteiger partial charge in [0.25, 0.3) is 0 Å². The van der Waals surface area contributed by atoms with Crippen molar-refractivity contribution in [1.29, 1.82) is 0 Å². The van der Waals surface area contributed by atoms with Crippen molar-refractivity contribution in [2.75, 3.05) is 0 Å². The minimum absolute atomic E-state index is 0.310. The molecule has 1 unspecified atom stereocenters. The molecule has 0 aliphatic carbocycles. The van der Waals surface area contributed by atoms with E-state index in [9.17, 15) is 0 Å². The number of fused-ring (bicyclic) bond motifs is 1. The Morgan fingerprint density at radius 2 is 1.88 bits per heavy atom. The fourth-order valence-electron chi connectivity index (χ4n) is 1.90. The second kappa shape index (κ2) is 4.04. The molecule has 1 aliphatic heterocycles. The highest BCUT2D eigenvalue weighted by Crippen LogP contribution is 2.42. The number of rotatable bonds is 1. The van der Waals surface area contributed by atoms with Crippen LogP contribution in [0.2, 0.25) is 0 Å². The lowest BCUT2D eigenvalue weighted by molar-refractivity contribution is 1.08. The summed E-state index contributed by atoms with van der Waals surface area (Å²) in [5.74, 6) is 0.